The zero-order chi connectivity index (χ0) is 17.1. The second kappa shape index (κ2) is 7.16. The van der Waals surface area contributed by atoms with E-state index in [9.17, 15) is 4.79 Å². The quantitative estimate of drug-likeness (QED) is 0.793. The predicted octanol–water partition coefficient (Wildman–Crippen LogP) is 3.24. The van der Waals surface area contributed by atoms with Crippen molar-refractivity contribution >= 4 is 11.7 Å². The van der Waals surface area contributed by atoms with E-state index in [0.29, 0.717) is 17.5 Å². The van der Waals surface area contributed by atoms with Gasteiger partial charge in [0.1, 0.15) is 0 Å². The Morgan fingerprint density at radius 1 is 1.08 bits per heavy atom. The van der Waals surface area contributed by atoms with E-state index >= 15 is 0 Å². The fourth-order valence-corrected chi connectivity index (χ4v) is 3.84. The summed E-state index contributed by atoms with van der Waals surface area (Å²) in [6.45, 7) is 0.981. The Morgan fingerprint density at radius 2 is 1.88 bits per heavy atom. The van der Waals surface area contributed by atoms with E-state index in [0.717, 1.165) is 42.6 Å². The molecule has 130 valence electrons. The normalized spacial score (nSPS) is 20.5. The minimum atomic E-state index is -0.233. The number of methoxy groups -OCH3 is 3. The average Bonchev–Trinajstić information content (AvgIpc) is 2.65. The molecule has 2 heterocycles. The molecule has 2 aliphatic heterocycles. The smallest absolute Gasteiger partial charge is 0.335 e. The lowest BCUT2D eigenvalue weighted by atomic mass is 9.87. The minimum absolute atomic E-state index is 0.233. The van der Waals surface area contributed by atoms with Crippen LogP contribution in [0.2, 0.25) is 0 Å². The molecule has 2 aliphatic rings. The van der Waals surface area contributed by atoms with Crippen molar-refractivity contribution in [2.45, 2.75) is 38.1 Å². The highest BCUT2D eigenvalue weighted by Gasteiger charge is 2.34. The molecule has 1 fully saturated rings. The van der Waals surface area contributed by atoms with Gasteiger partial charge in [0.25, 0.3) is 0 Å². The van der Waals surface area contributed by atoms with Gasteiger partial charge in [0.15, 0.2) is 11.5 Å². The summed E-state index contributed by atoms with van der Waals surface area (Å²) in [5.41, 5.74) is 2.75. The molecule has 3 rings (SSSR count). The molecule has 0 spiro atoms. The third-order valence-corrected chi connectivity index (χ3v) is 5.02. The summed E-state index contributed by atoms with van der Waals surface area (Å²) in [5.74, 6) is 1.13. The van der Waals surface area contributed by atoms with Crippen LogP contribution in [-0.2, 0) is 9.53 Å². The number of ether oxygens (including phenoxy) is 3. The van der Waals surface area contributed by atoms with Crippen LogP contribution in [0.5, 0.6) is 11.5 Å². The van der Waals surface area contributed by atoms with Crippen LogP contribution in [0.3, 0.4) is 0 Å². The summed E-state index contributed by atoms with van der Waals surface area (Å²) < 4.78 is 15.8. The first kappa shape index (κ1) is 16.7. The molecule has 5 nitrogen and oxygen atoms in total. The topological polar surface area (TPSA) is 48.0 Å². The van der Waals surface area contributed by atoms with Gasteiger partial charge in [0.2, 0.25) is 0 Å². The van der Waals surface area contributed by atoms with Crippen LogP contribution in [0, 0.1) is 0 Å². The van der Waals surface area contributed by atoms with E-state index in [4.69, 9.17) is 14.2 Å². The van der Waals surface area contributed by atoms with Crippen molar-refractivity contribution in [1.82, 2.24) is 4.90 Å². The molecule has 0 saturated carbocycles. The largest absolute Gasteiger partial charge is 0.493 e. The predicted molar refractivity (Wildman–Crippen MR) is 92.1 cm³/mol. The zero-order valence-corrected chi connectivity index (χ0v) is 14.6. The van der Waals surface area contributed by atoms with Crippen molar-refractivity contribution in [3.05, 3.63) is 29.3 Å². The number of esters is 1. The highest BCUT2D eigenvalue weighted by Crippen LogP contribution is 2.40. The first-order valence-corrected chi connectivity index (χ1v) is 8.50. The molecule has 24 heavy (non-hydrogen) atoms. The summed E-state index contributed by atoms with van der Waals surface area (Å²) in [6, 6.07) is 6.35. The van der Waals surface area contributed by atoms with E-state index in [1.165, 1.54) is 20.0 Å². The van der Waals surface area contributed by atoms with E-state index < -0.39 is 0 Å². The van der Waals surface area contributed by atoms with Crippen LogP contribution in [0.25, 0.3) is 5.70 Å². The second-order valence-electron chi connectivity index (χ2n) is 6.27. The monoisotopic (exact) mass is 331 g/mol. The van der Waals surface area contributed by atoms with Gasteiger partial charge >= 0.3 is 5.97 Å². The van der Waals surface area contributed by atoms with Crippen molar-refractivity contribution in [3.8, 4) is 11.5 Å². The molecule has 0 bridgehead atoms. The Labute approximate surface area is 143 Å². The third kappa shape index (κ3) is 2.95. The third-order valence-electron chi connectivity index (χ3n) is 5.02. The van der Waals surface area contributed by atoms with Crippen LogP contribution >= 0.6 is 0 Å². The number of fused-ring (bicyclic) bond motifs is 1. The molecule has 1 aromatic rings. The van der Waals surface area contributed by atoms with Crippen LogP contribution < -0.4 is 9.47 Å². The molecule has 1 saturated heterocycles. The van der Waals surface area contributed by atoms with Gasteiger partial charge in [-0.05, 0) is 50.3 Å². The SMILES string of the molecule is COC(=O)C1=C(c2ccc(OC)c(OC)c2)N2CCCC[C@H]2CC1. The van der Waals surface area contributed by atoms with Crippen molar-refractivity contribution in [2.75, 3.05) is 27.9 Å². The summed E-state index contributed by atoms with van der Waals surface area (Å²) >= 11 is 0. The lowest BCUT2D eigenvalue weighted by Gasteiger charge is -2.43. The number of hydrogen-bond donors (Lipinski definition) is 0. The molecule has 0 aliphatic carbocycles. The average molecular weight is 331 g/mol. The van der Waals surface area contributed by atoms with E-state index in [-0.39, 0.29) is 5.97 Å². The number of nitrogens with zero attached hydrogens (tertiary/aromatic N) is 1. The molecular formula is C19H25NO4. The molecule has 0 amide bonds. The molecule has 0 unspecified atom stereocenters. The summed E-state index contributed by atoms with van der Waals surface area (Å²) in [5, 5.41) is 0. The van der Waals surface area contributed by atoms with E-state index in [1.807, 2.05) is 18.2 Å². The molecule has 1 aromatic carbocycles. The van der Waals surface area contributed by atoms with Crippen LogP contribution in [0.1, 0.15) is 37.7 Å². The van der Waals surface area contributed by atoms with Gasteiger partial charge in [-0.25, -0.2) is 4.79 Å². The highest BCUT2D eigenvalue weighted by molar-refractivity contribution is 5.97. The maximum Gasteiger partial charge on any atom is 0.335 e. The van der Waals surface area contributed by atoms with Gasteiger partial charge in [-0.2, -0.15) is 0 Å². The maximum atomic E-state index is 12.3. The number of rotatable bonds is 4. The summed E-state index contributed by atoms with van der Waals surface area (Å²) in [6.07, 6.45) is 5.37. The van der Waals surface area contributed by atoms with Crippen molar-refractivity contribution in [1.29, 1.82) is 0 Å². The molecule has 1 atom stereocenters. The summed E-state index contributed by atoms with van der Waals surface area (Å²) in [7, 11) is 4.70. The number of carbonyl (C=O) groups is 1. The first-order valence-electron chi connectivity index (χ1n) is 8.50. The fourth-order valence-electron chi connectivity index (χ4n) is 3.84. The number of benzene rings is 1. The Balaban J connectivity index is 2.10. The zero-order valence-electron chi connectivity index (χ0n) is 14.6. The Morgan fingerprint density at radius 3 is 2.58 bits per heavy atom. The fraction of sp³-hybridized carbons (Fsp3) is 0.526. The van der Waals surface area contributed by atoms with Crippen molar-refractivity contribution in [3.63, 3.8) is 0 Å². The van der Waals surface area contributed by atoms with Crippen LogP contribution in [0.4, 0.5) is 0 Å². The van der Waals surface area contributed by atoms with Gasteiger partial charge in [-0.1, -0.05) is 0 Å². The lowest BCUT2D eigenvalue weighted by molar-refractivity contribution is -0.136. The number of hydrogen-bond acceptors (Lipinski definition) is 5. The van der Waals surface area contributed by atoms with Gasteiger partial charge < -0.3 is 19.1 Å². The Hall–Kier alpha value is -2.17. The van der Waals surface area contributed by atoms with Gasteiger partial charge in [0, 0.05) is 18.2 Å². The van der Waals surface area contributed by atoms with E-state index in [2.05, 4.69) is 4.90 Å². The minimum Gasteiger partial charge on any atom is -0.493 e. The Bertz CT molecular complexity index is 653. The molecule has 0 radical (unpaired) electrons. The summed E-state index contributed by atoms with van der Waals surface area (Å²) in [4.78, 5) is 14.7. The molecule has 0 N–H and O–H groups in total. The first-order chi connectivity index (χ1) is 11.7. The molecule has 0 aromatic heterocycles. The van der Waals surface area contributed by atoms with Crippen molar-refractivity contribution in [2.24, 2.45) is 0 Å². The van der Waals surface area contributed by atoms with Crippen LogP contribution in [-0.4, -0.2) is 44.8 Å². The van der Waals surface area contributed by atoms with Gasteiger partial charge in [-0.3, -0.25) is 0 Å². The maximum absolute atomic E-state index is 12.3. The van der Waals surface area contributed by atoms with E-state index in [1.54, 1.807) is 14.2 Å². The molecule has 5 heteroatoms. The Kier molecular flexibility index (Phi) is 4.97. The molecular weight excluding hydrogens is 306 g/mol. The number of piperidine rings is 1. The number of carbonyl (C=O) groups excluding carboxylic acids is 1. The van der Waals surface area contributed by atoms with Gasteiger partial charge in [0.05, 0.1) is 32.6 Å². The highest BCUT2D eigenvalue weighted by atomic mass is 16.5. The lowest BCUT2D eigenvalue weighted by Crippen LogP contribution is -2.42. The standard InChI is InChI=1S/C19H25NO4/c1-22-16-10-7-13(12-17(16)23-2)18-15(19(21)24-3)9-8-14-6-4-5-11-20(14)18/h7,10,12,14H,4-6,8-9,11H2,1-3H3/t14-/m0/s1. The van der Waals surface area contributed by atoms with Crippen molar-refractivity contribution < 1.29 is 19.0 Å². The van der Waals surface area contributed by atoms with Gasteiger partial charge in [-0.15, -0.1) is 0 Å². The van der Waals surface area contributed by atoms with Crippen LogP contribution in [0.15, 0.2) is 23.8 Å². The second-order valence-corrected chi connectivity index (χ2v) is 6.27.